The van der Waals surface area contributed by atoms with Gasteiger partial charge in [-0.3, -0.25) is 9.78 Å². The minimum absolute atomic E-state index is 0.260. The molecule has 0 aliphatic heterocycles. The molecule has 0 atom stereocenters. The number of nitrogens with one attached hydrogen (secondary N) is 1. The van der Waals surface area contributed by atoms with Crippen molar-refractivity contribution in [1.29, 1.82) is 0 Å². The van der Waals surface area contributed by atoms with E-state index in [-0.39, 0.29) is 5.56 Å². The molecule has 0 saturated carbocycles. The van der Waals surface area contributed by atoms with Gasteiger partial charge in [0.05, 0.1) is 5.69 Å². The highest BCUT2D eigenvalue weighted by molar-refractivity contribution is 6.30. The maximum Gasteiger partial charge on any atom is 0.273 e. The molecule has 3 rings (SSSR count). The van der Waals surface area contributed by atoms with Crippen molar-refractivity contribution in [3.63, 3.8) is 0 Å². The quantitative estimate of drug-likeness (QED) is 0.808. The fourth-order valence-corrected chi connectivity index (χ4v) is 2.20. The van der Waals surface area contributed by atoms with Crippen LogP contribution in [0.2, 0.25) is 5.02 Å². The van der Waals surface area contributed by atoms with Crippen LogP contribution in [0.25, 0.3) is 11.3 Å². The van der Waals surface area contributed by atoms with Gasteiger partial charge in [0.25, 0.3) is 5.56 Å². The van der Waals surface area contributed by atoms with Gasteiger partial charge in [-0.05, 0) is 29.8 Å². The topological polar surface area (TPSA) is 58.6 Å². The number of H-pyrrole nitrogens is 1. The van der Waals surface area contributed by atoms with E-state index in [1.54, 1.807) is 12.4 Å². The van der Waals surface area contributed by atoms with Gasteiger partial charge in [-0.15, -0.1) is 0 Å². The fourth-order valence-electron chi connectivity index (χ4n) is 2.07. The first-order chi connectivity index (χ1) is 10.2. The number of aromatic amines is 1. The second-order valence-corrected chi connectivity index (χ2v) is 5.06. The van der Waals surface area contributed by atoms with Crippen LogP contribution >= 0.6 is 11.6 Å². The Kier molecular flexibility index (Phi) is 3.79. The molecule has 0 aliphatic rings. The van der Waals surface area contributed by atoms with Crippen molar-refractivity contribution >= 4 is 11.6 Å². The van der Waals surface area contributed by atoms with Gasteiger partial charge in [0.15, 0.2) is 0 Å². The first kappa shape index (κ1) is 13.5. The minimum Gasteiger partial charge on any atom is -0.343 e. The summed E-state index contributed by atoms with van der Waals surface area (Å²) in [5.41, 5.74) is 2.42. The van der Waals surface area contributed by atoms with E-state index in [0.717, 1.165) is 16.8 Å². The van der Waals surface area contributed by atoms with Crippen LogP contribution in [-0.2, 0) is 6.42 Å². The number of hydrogen-bond donors (Lipinski definition) is 1. The Bertz CT molecular complexity index is 798. The molecule has 104 valence electrons. The highest BCUT2D eigenvalue weighted by Crippen LogP contribution is 2.15. The van der Waals surface area contributed by atoms with Crippen molar-refractivity contribution in [1.82, 2.24) is 15.0 Å². The normalized spacial score (nSPS) is 10.5. The Morgan fingerprint density at radius 3 is 2.48 bits per heavy atom. The van der Waals surface area contributed by atoms with Crippen molar-refractivity contribution in [3.05, 3.63) is 81.6 Å². The van der Waals surface area contributed by atoms with Gasteiger partial charge in [0.1, 0.15) is 5.82 Å². The summed E-state index contributed by atoms with van der Waals surface area (Å²) < 4.78 is 0. The summed E-state index contributed by atoms with van der Waals surface area (Å²) >= 11 is 5.87. The molecule has 1 N–H and O–H groups in total. The van der Waals surface area contributed by atoms with Gasteiger partial charge in [-0.2, -0.15) is 4.98 Å². The molecule has 21 heavy (non-hydrogen) atoms. The average molecular weight is 298 g/mol. The van der Waals surface area contributed by atoms with Crippen LogP contribution < -0.4 is 5.56 Å². The molecule has 1 aromatic carbocycles. The summed E-state index contributed by atoms with van der Waals surface area (Å²) in [5, 5.41) is 0.686. The summed E-state index contributed by atoms with van der Waals surface area (Å²) in [6.45, 7) is 0. The zero-order valence-corrected chi connectivity index (χ0v) is 11.8. The molecule has 0 aliphatic carbocycles. The van der Waals surface area contributed by atoms with Crippen molar-refractivity contribution in [2.45, 2.75) is 6.42 Å². The van der Waals surface area contributed by atoms with E-state index in [4.69, 9.17) is 11.6 Å². The van der Waals surface area contributed by atoms with E-state index in [1.807, 2.05) is 36.4 Å². The second kappa shape index (κ2) is 5.89. The largest absolute Gasteiger partial charge is 0.343 e. The van der Waals surface area contributed by atoms with E-state index >= 15 is 0 Å². The molecular formula is C16H12ClN3O. The van der Waals surface area contributed by atoms with Crippen LogP contribution in [-0.4, -0.2) is 15.0 Å². The van der Waals surface area contributed by atoms with E-state index < -0.39 is 0 Å². The monoisotopic (exact) mass is 297 g/mol. The molecule has 0 fully saturated rings. The molecule has 4 nitrogen and oxygen atoms in total. The minimum atomic E-state index is -0.260. The molecular weight excluding hydrogens is 286 g/mol. The van der Waals surface area contributed by atoms with Crippen molar-refractivity contribution < 1.29 is 0 Å². The van der Waals surface area contributed by atoms with Gasteiger partial charge >= 0.3 is 0 Å². The number of nitrogens with zero attached hydrogens (tertiary/aromatic N) is 2. The van der Waals surface area contributed by atoms with Crippen LogP contribution in [0.4, 0.5) is 0 Å². The maximum atomic E-state index is 11.8. The molecule has 5 heteroatoms. The number of pyridine rings is 1. The predicted octanol–water partition coefficient (Wildman–Crippen LogP) is 3.08. The average Bonchev–Trinajstić information content (AvgIpc) is 2.50. The van der Waals surface area contributed by atoms with Crippen molar-refractivity contribution in [2.24, 2.45) is 0 Å². The molecule has 0 saturated heterocycles. The maximum absolute atomic E-state index is 11.8. The number of aromatic nitrogens is 3. The molecule has 2 heterocycles. The summed E-state index contributed by atoms with van der Waals surface area (Å²) in [6, 6.07) is 12.7. The summed E-state index contributed by atoms with van der Waals surface area (Å²) in [4.78, 5) is 22.9. The highest BCUT2D eigenvalue weighted by atomic mass is 35.5. The Balaban J connectivity index is 1.95. The first-order valence-corrected chi connectivity index (χ1v) is 6.83. The van der Waals surface area contributed by atoms with Crippen molar-refractivity contribution in [3.8, 4) is 11.3 Å². The Morgan fingerprint density at radius 2 is 1.76 bits per heavy atom. The van der Waals surface area contributed by atoms with Crippen LogP contribution in [0, 0.1) is 0 Å². The first-order valence-electron chi connectivity index (χ1n) is 6.46. The van der Waals surface area contributed by atoms with Crippen LogP contribution in [0.1, 0.15) is 11.4 Å². The fraction of sp³-hybridized carbons (Fsp3) is 0.0625. The molecule has 0 amide bonds. The van der Waals surface area contributed by atoms with Gasteiger partial charge in [0.2, 0.25) is 0 Å². The van der Waals surface area contributed by atoms with Crippen LogP contribution in [0.5, 0.6) is 0 Å². The molecule has 0 unspecified atom stereocenters. The van der Waals surface area contributed by atoms with Gasteiger partial charge in [-0.1, -0.05) is 23.7 Å². The molecule has 0 bridgehead atoms. The highest BCUT2D eigenvalue weighted by Gasteiger charge is 2.04. The lowest BCUT2D eigenvalue weighted by atomic mass is 10.1. The second-order valence-electron chi connectivity index (χ2n) is 4.62. The summed E-state index contributed by atoms with van der Waals surface area (Å²) in [7, 11) is 0. The zero-order valence-electron chi connectivity index (χ0n) is 11.1. The third kappa shape index (κ3) is 3.35. The zero-order chi connectivity index (χ0) is 14.7. The number of halogens is 1. The van der Waals surface area contributed by atoms with Crippen molar-refractivity contribution in [2.75, 3.05) is 0 Å². The van der Waals surface area contributed by atoms with E-state index in [0.29, 0.717) is 17.3 Å². The molecule has 3 aromatic rings. The number of hydrogen-bond acceptors (Lipinski definition) is 3. The molecule has 2 aromatic heterocycles. The predicted molar refractivity (Wildman–Crippen MR) is 82.3 cm³/mol. The Hall–Kier alpha value is -2.46. The lowest BCUT2D eigenvalue weighted by Crippen LogP contribution is -2.11. The van der Waals surface area contributed by atoms with E-state index in [2.05, 4.69) is 15.0 Å². The number of benzene rings is 1. The third-order valence-corrected chi connectivity index (χ3v) is 3.32. The van der Waals surface area contributed by atoms with E-state index in [1.165, 1.54) is 6.07 Å². The lowest BCUT2D eigenvalue weighted by Gasteiger charge is -2.05. The standard InChI is InChI=1S/C16H12ClN3O/c17-13-3-1-11(2-4-13)9-15-19-14(10-16(21)20-15)12-5-7-18-8-6-12/h1-8,10H,9H2,(H,19,20,21). The molecule has 0 spiro atoms. The smallest absolute Gasteiger partial charge is 0.273 e. The molecule has 0 radical (unpaired) electrons. The van der Waals surface area contributed by atoms with Crippen LogP contribution in [0.15, 0.2) is 59.7 Å². The van der Waals surface area contributed by atoms with Crippen LogP contribution in [0.3, 0.4) is 0 Å². The Labute approximate surface area is 126 Å². The SMILES string of the molecule is O=c1cc(-c2ccncc2)[nH]c(Cc2ccc(Cl)cc2)n1. The summed E-state index contributed by atoms with van der Waals surface area (Å²) in [6.07, 6.45) is 3.92. The van der Waals surface area contributed by atoms with Gasteiger partial charge in [0, 0.05) is 35.5 Å². The third-order valence-electron chi connectivity index (χ3n) is 3.07. The van der Waals surface area contributed by atoms with E-state index in [9.17, 15) is 4.79 Å². The lowest BCUT2D eigenvalue weighted by molar-refractivity contribution is 0.950. The van der Waals surface area contributed by atoms with Gasteiger partial charge < -0.3 is 4.98 Å². The number of rotatable bonds is 3. The Morgan fingerprint density at radius 1 is 1.05 bits per heavy atom. The summed E-state index contributed by atoms with van der Waals surface area (Å²) in [5.74, 6) is 0.622. The van der Waals surface area contributed by atoms with Gasteiger partial charge in [-0.25, -0.2) is 0 Å².